The van der Waals surface area contributed by atoms with Crippen molar-refractivity contribution in [2.24, 2.45) is 4.99 Å². The summed E-state index contributed by atoms with van der Waals surface area (Å²) in [6, 6.07) is 5.67. The van der Waals surface area contributed by atoms with E-state index in [-0.39, 0.29) is 36.7 Å². The molecular weight excluding hydrogens is 387 g/mol. The molecule has 3 rings (SSSR count). The molecule has 1 aromatic carbocycles. The van der Waals surface area contributed by atoms with Crippen LogP contribution in [0.5, 0.6) is 0 Å². The van der Waals surface area contributed by atoms with Gasteiger partial charge in [-0.05, 0) is 38.2 Å². The summed E-state index contributed by atoms with van der Waals surface area (Å²) in [7, 11) is 0. The summed E-state index contributed by atoms with van der Waals surface area (Å²) in [5.41, 5.74) is 0.390. The van der Waals surface area contributed by atoms with E-state index in [0.717, 1.165) is 38.8 Å². The number of rotatable bonds is 5. The van der Waals surface area contributed by atoms with Crippen molar-refractivity contribution in [3.05, 3.63) is 35.6 Å². The van der Waals surface area contributed by atoms with Crippen LogP contribution in [0, 0.1) is 17.3 Å². The van der Waals surface area contributed by atoms with E-state index in [1.54, 1.807) is 34.2 Å². The SMILES string of the molecule is N#CNC(=NCc1ccccc1F)NC1CCCCN(CC(=O)N2CCCC2)C1=O. The molecule has 30 heavy (non-hydrogen) atoms. The molecule has 2 heterocycles. The third-order valence-corrected chi connectivity index (χ3v) is 5.42. The van der Waals surface area contributed by atoms with Gasteiger partial charge in [0.25, 0.3) is 0 Å². The lowest BCUT2D eigenvalue weighted by Crippen LogP contribution is -2.52. The molecule has 1 unspecified atom stereocenters. The van der Waals surface area contributed by atoms with E-state index in [2.05, 4.69) is 15.6 Å². The van der Waals surface area contributed by atoms with E-state index in [9.17, 15) is 14.0 Å². The van der Waals surface area contributed by atoms with E-state index in [1.165, 1.54) is 6.07 Å². The fourth-order valence-corrected chi connectivity index (χ4v) is 3.76. The largest absolute Gasteiger partial charge is 0.344 e. The molecule has 2 fully saturated rings. The third-order valence-electron chi connectivity index (χ3n) is 5.42. The van der Waals surface area contributed by atoms with Gasteiger partial charge in [-0.3, -0.25) is 14.9 Å². The van der Waals surface area contributed by atoms with Gasteiger partial charge in [-0.2, -0.15) is 5.26 Å². The quantitative estimate of drug-likeness (QED) is 0.328. The van der Waals surface area contributed by atoms with Crippen LogP contribution >= 0.6 is 0 Å². The van der Waals surface area contributed by atoms with Gasteiger partial charge in [0, 0.05) is 25.2 Å². The standard InChI is InChI=1S/C21H27FN6O2/c22-17-8-2-1-7-16(17)13-24-21(25-15-23)26-18-9-3-4-12-28(20(18)30)14-19(29)27-10-5-6-11-27/h1-2,7-8,18H,3-6,9-14H2,(H2,24,25,26). The maximum Gasteiger partial charge on any atom is 0.245 e. The van der Waals surface area contributed by atoms with Crippen LogP contribution in [0.15, 0.2) is 29.3 Å². The number of benzene rings is 1. The van der Waals surface area contributed by atoms with E-state index in [0.29, 0.717) is 18.5 Å². The first kappa shape index (κ1) is 21.6. The molecule has 160 valence electrons. The van der Waals surface area contributed by atoms with E-state index < -0.39 is 6.04 Å². The van der Waals surface area contributed by atoms with Gasteiger partial charge < -0.3 is 15.1 Å². The Labute approximate surface area is 175 Å². The first-order valence-corrected chi connectivity index (χ1v) is 10.3. The number of nitriles is 1. The average molecular weight is 414 g/mol. The number of hydrogen-bond donors (Lipinski definition) is 2. The fraction of sp³-hybridized carbons (Fsp3) is 0.524. The lowest BCUT2D eigenvalue weighted by atomic mass is 10.1. The second-order valence-corrected chi connectivity index (χ2v) is 7.53. The number of halogens is 1. The first-order chi connectivity index (χ1) is 14.6. The van der Waals surface area contributed by atoms with Crippen LogP contribution in [-0.4, -0.2) is 59.8 Å². The van der Waals surface area contributed by atoms with Gasteiger partial charge in [0.15, 0.2) is 6.19 Å². The Morgan fingerprint density at radius 2 is 1.93 bits per heavy atom. The number of nitrogens with zero attached hydrogens (tertiary/aromatic N) is 4. The van der Waals surface area contributed by atoms with E-state index in [1.807, 2.05) is 0 Å². The number of aliphatic imine (C=N–C) groups is 1. The zero-order chi connectivity index (χ0) is 21.3. The molecule has 0 aromatic heterocycles. The van der Waals surface area contributed by atoms with Gasteiger partial charge in [-0.25, -0.2) is 9.38 Å². The summed E-state index contributed by atoms with van der Waals surface area (Å²) in [4.78, 5) is 33.2. The molecule has 2 saturated heterocycles. The summed E-state index contributed by atoms with van der Waals surface area (Å²) in [6.45, 7) is 2.14. The lowest BCUT2D eigenvalue weighted by molar-refractivity contribution is -0.140. The Bertz CT molecular complexity index is 831. The van der Waals surface area contributed by atoms with Crippen LogP contribution in [0.4, 0.5) is 4.39 Å². The molecule has 8 nitrogen and oxygen atoms in total. The van der Waals surface area contributed by atoms with Gasteiger partial charge in [-0.1, -0.05) is 18.2 Å². The number of carbonyl (C=O) groups is 2. The zero-order valence-electron chi connectivity index (χ0n) is 16.9. The molecule has 0 aliphatic carbocycles. The van der Waals surface area contributed by atoms with Crippen molar-refractivity contribution in [1.82, 2.24) is 20.4 Å². The number of hydrogen-bond acceptors (Lipinski definition) is 4. The summed E-state index contributed by atoms with van der Waals surface area (Å²) < 4.78 is 13.8. The highest BCUT2D eigenvalue weighted by molar-refractivity contribution is 5.92. The highest BCUT2D eigenvalue weighted by Gasteiger charge is 2.30. The first-order valence-electron chi connectivity index (χ1n) is 10.3. The fourth-order valence-electron chi connectivity index (χ4n) is 3.76. The molecule has 2 N–H and O–H groups in total. The van der Waals surface area contributed by atoms with Gasteiger partial charge in [0.05, 0.1) is 13.1 Å². The Hall–Kier alpha value is -3.15. The highest BCUT2D eigenvalue weighted by Crippen LogP contribution is 2.14. The predicted octanol–water partition coefficient (Wildman–Crippen LogP) is 1.35. The minimum atomic E-state index is -0.598. The second-order valence-electron chi connectivity index (χ2n) is 7.53. The normalized spacial score (nSPS) is 19.9. The molecule has 0 bridgehead atoms. The van der Waals surface area contributed by atoms with Crippen molar-refractivity contribution in [3.63, 3.8) is 0 Å². The molecule has 2 aliphatic heterocycles. The Kier molecular flexibility index (Phi) is 7.60. The summed E-state index contributed by atoms with van der Waals surface area (Å²) in [6.07, 6.45) is 6.00. The van der Waals surface area contributed by atoms with Crippen molar-refractivity contribution in [2.45, 2.75) is 44.7 Å². The average Bonchev–Trinajstić information content (AvgIpc) is 3.23. The molecule has 2 aliphatic rings. The zero-order valence-corrected chi connectivity index (χ0v) is 16.9. The van der Waals surface area contributed by atoms with Crippen molar-refractivity contribution in [2.75, 3.05) is 26.2 Å². The third kappa shape index (κ3) is 5.69. The highest BCUT2D eigenvalue weighted by atomic mass is 19.1. The van der Waals surface area contributed by atoms with Crippen LogP contribution in [0.25, 0.3) is 0 Å². The molecule has 0 saturated carbocycles. The van der Waals surface area contributed by atoms with Crippen molar-refractivity contribution in [3.8, 4) is 6.19 Å². The molecule has 9 heteroatoms. The molecule has 0 radical (unpaired) electrons. The second kappa shape index (κ2) is 10.6. The predicted molar refractivity (Wildman–Crippen MR) is 109 cm³/mol. The van der Waals surface area contributed by atoms with E-state index in [4.69, 9.17) is 5.26 Å². The molecule has 1 aromatic rings. The minimum absolute atomic E-state index is 0.0231. The van der Waals surface area contributed by atoms with Crippen molar-refractivity contribution < 1.29 is 14.0 Å². The maximum atomic E-state index is 13.8. The number of likely N-dealkylation sites (tertiary alicyclic amines) is 2. The number of carbonyl (C=O) groups excluding carboxylic acids is 2. The molecular formula is C21H27FN6O2. The van der Waals surface area contributed by atoms with Gasteiger partial charge in [0.1, 0.15) is 11.9 Å². The molecule has 0 spiro atoms. The van der Waals surface area contributed by atoms with Crippen molar-refractivity contribution >= 4 is 17.8 Å². The van der Waals surface area contributed by atoms with E-state index >= 15 is 0 Å². The molecule has 2 amide bonds. The number of guanidine groups is 1. The Morgan fingerprint density at radius 3 is 2.67 bits per heavy atom. The van der Waals surface area contributed by atoms with Crippen LogP contribution in [-0.2, 0) is 16.1 Å². The van der Waals surface area contributed by atoms with Crippen molar-refractivity contribution in [1.29, 1.82) is 5.26 Å². The Morgan fingerprint density at radius 1 is 1.20 bits per heavy atom. The minimum Gasteiger partial charge on any atom is -0.344 e. The van der Waals surface area contributed by atoms with Crippen LogP contribution < -0.4 is 10.6 Å². The molecule has 1 atom stereocenters. The lowest BCUT2D eigenvalue weighted by Gasteiger charge is -2.27. The van der Waals surface area contributed by atoms with Gasteiger partial charge in [0.2, 0.25) is 17.8 Å². The monoisotopic (exact) mass is 414 g/mol. The van der Waals surface area contributed by atoms with Crippen LogP contribution in [0.3, 0.4) is 0 Å². The van der Waals surface area contributed by atoms with Gasteiger partial charge >= 0.3 is 0 Å². The number of nitrogens with one attached hydrogen (secondary N) is 2. The van der Waals surface area contributed by atoms with Crippen LogP contribution in [0.2, 0.25) is 0 Å². The number of amides is 2. The topological polar surface area (TPSA) is 101 Å². The summed E-state index contributed by atoms with van der Waals surface area (Å²) in [5, 5.41) is 14.5. The summed E-state index contributed by atoms with van der Waals surface area (Å²) >= 11 is 0. The van der Waals surface area contributed by atoms with Gasteiger partial charge in [-0.15, -0.1) is 0 Å². The Balaban J connectivity index is 1.66. The smallest absolute Gasteiger partial charge is 0.245 e. The summed E-state index contributed by atoms with van der Waals surface area (Å²) in [5.74, 6) is -0.468. The maximum absolute atomic E-state index is 13.8. The van der Waals surface area contributed by atoms with Crippen LogP contribution in [0.1, 0.15) is 37.7 Å².